The lowest BCUT2D eigenvalue weighted by Crippen LogP contribution is -2.52. The Kier molecular flexibility index (Phi) is 4.45. The molecule has 2 atom stereocenters. The van der Waals surface area contributed by atoms with Gasteiger partial charge in [0.1, 0.15) is 0 Å². The van der Waals surface area contributed by atoms with Gasteiger partial charge in [-0.3, -0.25) is 4.90 Å². The fraction of sp³-hybridized carbons (Fsp3) is 1.00. The molecule has 17 heavy (non-hydrogen) atoms. The van der Waals surface area contributed by atoms with Gasteiger partial charge in [-0.1, -0.05) is 13.8 Å². The lowest BCUT2D eigenvalue weighted by atomic mass is 9.82. The number of aliphatic hydroxyl groups is 1. The summed E-state index contributed by atoms with van der Waals surface area (Å²) < 4.78 is 5.84. The van der Waals surface area contributed by atoms with Crippen molar-refractivity contribution >= 4 is 0 Å². The predicted molar refractivity (Wildman–Crippen MR) is 69.1 cm³/mol. The van der Waals surface area contributed by atoms with E-state index in [1.54, 1.807) is 0 Å². The van der Waals surface area contributed by atoms with Crippen LogP contribution in [0.4, 0.5) is 0 Å². The van der Waals surface area contributed by atoms with E-state index in [-0.39, 0.29) is 5.41 Å². The molecule has 1 saturated heterocycles. The first kappa shape index (κ1) is 13.3. The summed E-state index contributed by atoms with van der Waals surface area (Å²) in [5, 5.41) is 9.69. The lowest BCUT2D eigenvalue weighted by molar-refractivity contribution is -0.0751. The van der Waals surface area contributed by atoms with Crippen molar-refractivity contribution in [1.82, 2.24) is 4.90 Å². The summed E-state index contributed by atoms with van der Waals surface area (Å²) >= 11 is 0. The van der Waals surface area contributed by atoms with Crippen LogP contribution in [0.3, 0.4) is 0 Å². The van der Waals surface area contributed by atoms with Gasteiger partial charge in [-0.15, -0.1) is 0 Å². The highest BCUT2D eigenvalue weighted by molar-refractivity contribution is 4.92. The van der Waals surface area contributed by atoms with Crippen LogP contribution in [0.25, 0.3) is 0 Å². The Bertz CT molecular complexity index is 232. The highest BCUT2D eigenvalue weighted by atomic mass is 16.5. The molecule has 2 aliphatic rings. The zero-order valence-electron chi connectivity index (χ0n) is 11.3. The number of ether oxygens (including phenoxy) is 1. The van der Waals surface area contributed by atoms with E-state index in [0.717, 1.165) is 32.5 Å². The van der Waals surface area contributed by atoms with E-state index in [0.29, 0.717) is 18.8 Å². The molecule has 1 heterocycles. The van der Waals surface area contributed by atoms with E-state index in [9.17, 15) is 5.11 Å². The van der Waals surface area contributed by atoms with Crippen LogP contribution < -0.4 is 0 Å². The molecule has 2 rings (SSSR count). The van der Waals surface area contributed by atoms with Crippen LogP contribution in [0, 0.1) is 5.41 Å². The Morgan fingerprint density at radius 1 is 1.29 bits per heavy atom. The normalized spacial score (nSPS) is 30.5. The summed E-state index contributed by atoms with van der Waals surface area (Å²) in [6.45, 7) is 7.67. The number of hydrogen-bond donors (Lipinski definition) is 1. The van der Waals surface area contributed by atoms with Crippen molar-refractivity contribution in [3.63, 3.8) is 0 Å². The molecule has 0 bridgehead atoms. The van der Waals surface area contributed by atoms with E-state index in [2.05, 4.69) is 18.7 Å². The molecule has 1 saturated carbocycles. The number of hydrogen-bond acceptors (Lipinski definition) is 3. The predicted octanol–water partition coefficient (Wildman–Crippen LogP) is 2.04. The van der Waals surface area contributed by atoms with Gasteiger partial charge in [0.15, 0.2) is 0 Å². The number of rotatable bonds is 5. The molecule has 0 aromatic heterocycles. The fourth-order valence-electron chi connectivity index (χ4n) is 3.38. The van der Waals surface area contributed by atoms with E-state index >= 15 is 0 Å². The second-order valence-electron chi connectivity index (χ2n) is 5.74. The Morgan fingerprint density at radius 3 is 2.71 bits per heavy atom. The average molecular weight is 241 g/mol. The van der Waals surface area contributed by atoms with E-state index in [4.69, 9.17) is 4.74 Å². The molecule has 1 aliphatic heterocycles. The maximum absolute atomic E-state index is 9.69. The third kappa shape index (κ3) is 2.67. The standard InChI is InChI=1S/C14H27NO2/c1-3-14(4-2,11-16)10-15-8-9-17-13-7-5-6-12(13)15/h12-13,16H,3-11H2,1-2H3. The van der Waals surface area contributed by atoms with Gasteiger partial charge in [-0.25, -0.2) is 0 Å². The molecule has 3 nitrogen and oxygen atoms in total. The molecule has 0 aromatic rings. The Labute approximate surface area is 105 Å². The molecule has 0 radical (unpaired) electrons. The fourth-order valence-corrected chi connectivity index (χ4v) is 3.38. The lowest BCUT2D eigenvalue weighted by Gasteiger charge is -2.43. The van der Waals surface area contributed by atoms with Crippen molar-refractivity contribution in [2.45, 2.75) is 58.1 Å². The SMILES string of the molecule is CCC(CC)(CO)CN1CCOC2CCCC21. The number of nitrogens with zero attached hydrogens (tertiary/aromatic N) is 1. The third-order valence-electron chi connectivity index (χ3n) is 4.97. The Hall–Kier alpha value is -0.120. The third-order valence-corrected chi connectivity index (χ3v) is 4.97. The largest absolute Gasteiger partial charge is 0.396 e. The van der Waals surface area contributed by atoms with Crippen LogP contribution in [0.5, 0.6) is 0 Å². The molecule has 2 unspecified atom stereocenters. The molecule has 0 spiro atoms. The Balaban J connectivity index is 2.01. The molecule has 3 heteroatoms. The first-order valence-corrected chi connectivity index (χ1v) is 7.21. The average Bonchev–Trinajstić information content (AvgIpc) is 2.85. The minimum atomic E-state index is 0.102. The summed E-state index contributed by atoms with van der Waals surface area (Å²) in [4.78, 5) is 2.59. The molecular formula is C14H27NO2. The maximum atomic E-state index is 9.69. The van der Waals surface area contributed by atoms with Crippen molar-refractivity contribution in [2.24, 2.45) is 5.41 Å². The van der Waals surface area contributed by atoms with E-state index in [1.165, 1.54) is 19.3 Å². The van der Waals surface area contributed by atoms with Crippen LogP contribution in [-0.2, 0) is 4.74 Å². The van der Waals surface area contributed by atoms with Gasteiger partial charge in [0.25, 0.3) is 0 Å². The molecule has 2 fully saturated rings. The Morgan fingerprint density at radius 2 is 2.06 bits per heavy atom. The highest BCUT2D eigenvalue weighted by Gasteiger charge is 2.39. The molecule has 100 valence electrons. The van der Waals surface area contributed by atoms with Gasteiger partial charge < -0.3 is 9.84 Å². The summed E-state index contributed by atoms with van der Waals surface area (Å²) in [5.74, 6) is 0. The molecule has 1 aliphatic carbocycles. The van der Waals surface area contributed by atoms with Gasteiger partial charge in [-0.2, -0.15) is 0 Å². The van der Waals surface area contributed by atoms with Gasteiger partial charge in [-0.05, 0) is 32.1 Å². The summed E-state index contributed by atoms with van der Waals surface area (Å²) in [6, 6.07) is 0.618. The van der Waals surface area contributed by atoms with Crippen molar-refractivity contribution in [3.05, 3.63) is 0 Å². The maximum Gasteiger partial charge on any atom is 0.0730 e. The van der Waals surface area contributed by atoms with Crippen LogP contribution in [-0.4, -0.2) is 48.5 Å². The van der Waals surface area contributed by atoms with Gasteiger partial charge >= 0.3 is 0 Å². The summed E-state index contributed by atoms with van der Waals surface area (Å²) in [5.41, 5.74) is 0.102. The first-order valence-electron chi connectivity index (χ1n) is 7.21. The number of morpholine rings is 1. The topological polar surface area (TPSA) is 32.7 Å². The molecular weight excluding hydrogens is 214 g/mol. The first-order chi connectivity index (χ1) is 8.24. The van der Waals surface area contributed by atoms with Crippen molar-refractivity contribution < 1.29 is 9.84 Å². The number of aliphatic hydroxyl groups excluding tert-OH is 1. The summed E-state index contributed by atoms with van der Waals surface area (Å²) in [6.07, 6.45) is 6.40. The zero-order chi connectivity index (χ0) is 12.3. The van der Waals surface area contributed by atoms with Crippen LogP contribution in [0.15, 0.2) is 0 Å². The van der Waals surface area contributed by atoms with Crippen molar-refractivity contribution in [2.75, 3.05) is 26.3 Å². The van der Waals surface area contributed by atoms with Crippen LogP contribution >= 0.6 is 0 Å². The van der Waals surface area contributed by atoms with Crippen LogP contribution in [0.1, 0.15) is 46.0 Å². The summed E-state index contributed by atoms with van der Waals surface area (Å²) in [7, 11) is 0. The monoisotopic (exact) mass is 241 g/mol. The van der Waals surface area contributed by atoms with Crippen LogP contribution in [0.2, 0.25) is 0 Å². The van der Waals surface area contributed by atoms with Gasteiger partial charge in [0.2, 0.25) is 0 Å². The zero-order valence-corrected chi connectivity index (χ0v) is 11.3. The van der Waals surface area contributed by atoms with Gasteiger partial charge in [0.05, 0.1) is 12.7 Å². The molecule has 0 aromatic carbocycles. The smallest absolute Gasteiger partial charge is 0.0730 e. The van der Waals surface area contributed by atoms with Gasteiger partial charge in [0, 0.05) is 31.2 Å². The highest BCUT2D eigenvalue weighted by Crippen LogP contribution is 2.34. The molecule has 0 amide bonds. The minimum absolute atomic E-state index is 0.102. The van der Waals surface area contributed by atoms with E-state index < -0.39 is 0 Å². The number of fused-ring (bicyclic) bond motifs is 1. The van der Waals surface area contributed by atoms with Crippen molar-refractivity contribution in [1.29, 1.82) is 0 Å². The molecule has 1 N–H and O–H groups in total. The van der Waals surface area contributed by atoms with Crippen molar-refractivity contribution in [3.8, 4) is 0 Å². The minimum Gasteiger partial charge on any atom is -0.396 e. The second kappa shape index (κ2) is 5.68. The second-order valence-corrected chi connectivity index (χ2v) is 5.74. The quantitative estimate of drug-likeness (QED) is 0.799. The van der Waals surface area contributed by atoms with E-state index in [1.807, 2.05) is 0 Å².